The molecule has 0 aliphatic heterocycles. The average Bonchev–Trinajstić information content (AvgIpc) is 2.95. The van der Waals surface area contributed by atoms with E-state index in [1.54, 1.807) is 61.7 Å². The molecular weight excluding hydrogens is 526 g/mol. The zero-order chi connectivity index (χ0) is 29.3. The van der Waals surface area contributed by atoms with Crippen molar-refractivity contribution in [3.05, 3.63) is 90.0 Å². The van der Waals surface area contributed by atoms with Gasteiger partial charge in [-0.2, -0.15) is 0 Å². The maximum atomic E-state index is 14.0. The van der Waals surface area contributed by atoms with E-state index in [9.17, 15) is 18.0 Å². The molecule has 0 unspecified atom stereocenters. The molecule has 0 spiro atoms. The van der Waals surface area contributed by atoms with Crippen LogP contribution in [0, 0.1) is 12.8 Å². The smallest absolute Gasteiger partial charge is 0.264 e. The van der Waals surface area contributed by atoms with E-state index >= 15 is 0 Å². The second-order valence-corrected chi connectivity index (χ2v) is 12.0. The predicted octanol–water partition coefficient (Wildman–Crippen LogP) is 4.78. The monoisotopic (exact) mass is 565 g/mol. The number of amides is 2. The summed E-state index contributed by atoms with van der Waals surface area (Å²) in [6.07, 6.45) is 0.363. The van der Waals surface area contributed by atoms with Gasteiger partial charge in [0.15, 0.2) is 0 Å². The first-order valence-corrected chi connectivity index (χ1v) is 14.8. The Kier molecular flexibility index (Phi) is 10.7. The number of methoxy groups -OCH3 is 1. The maximum absolute atomic E-state index is 14.0. The minimum Gasteiger partial charge on any atom is -0.497 e. The Morgan fingerprint density at radius 1 is 0.925 bits per heavy atom. The predicted molar refractivity (Wildman–Crippen MR) is 158 cm³/mol. The summed E-state index contributed by atoms with van der Waals surface area (Å²) < 4.78 is 34.1. The Morgan fingerprint density at radius 3 is 2.10 bits per heavy atom. The fraction of sp³-hybridized carbons (Fsp3) is 0.355. The van der Waals surface area contributed by atoms with Crippen LogP contribution < -0.4 is 14.4 Å². The first-order valence-electron chi connectivity index (χ1n) is 13.4. The third kappa shape index (κ3) is 7.85. The lowest BCUT2D eigenvalue weighted by Crippen LogP contribution is -2.52. The highest BCUT2D eigenvalue weighted by Crippen LogP contribution is 2.25. The Hall–Kier alpha value is -3.85. The number of sulfonamides is 1. The molecule has 1 atom stereocenters. The van der Waals surface area contributed by atoms with Gasteiger partial charge in [-0.15, -0.1) is 0 Å². The van der Waals surface area contributed by atoms with Gasteiger partial charge in [-0.3, -0.25) is 13.9 Å². The van der Waals surface area contributed by atoms with Crippen molar-refractivity contribution in [2.45, 2.75) is 51.6 Å². The van der Waals surface area contributed by atoms with Crippen molar-refractivity contribution < 1.29 is 22.7 Å². The van der Waals surface area contributed by atoms with Crippen LogP contribution >= 0.6 is 0 Å². The standard InChI is InChI=1S/C31H39N3O5S/c1-6-29(31(36)32-20-23(2)3)33(21-25-14-16-27(39-5)17-15-25)30(35)22-34(26-10-8-7-9-11-26)40(37,38)28-18-12-24(4)13-19-28/h7-19,23,29H,6,20-22H2,1-5H3,(H,32,36)/t29-/m0/s1. The summed E-state index contributed by atoms with van der Waals surface area (Å²) in [6, 6.07) is 21.5. The first-order chi connectivity index (χ1) is 19.1. The van der Waals surface area contributed by atoms with E-state index in [0.29, 0.717) is 24.4 Å². The van der Waals surface area contributed by atoms with Gasteiger partial charge in [0.1, 0.15) is 18.3 Å². The average molecular weight is 566 g/mol. The minimum atomic E-state index is -4.09. The summed E-state index contributed by atoms with van der Waals surface area (Å²) in [5, 5.41) is 2.93. The van der Waals surface area contributed by atoms with Gasteiger partial charge >= 0.3 is 0 Å². The number of para-hydroxylation sites is 1. The third-order valence-electron chi connectivity index (χ3n) is 6.51. The molecule has 0 fully saturated rings. The number of hydrogen-bond acceptors (Lipinski definition) is 5. The van der Waals surface area contributed by atoms with Crippen molar-refractivity contribution in [3.63, 3.8) is 0 Å². The van der Waals surface area contributed by atoms with Crippen molar-refractivity contribution in [2.75, 3.05) is 24.5 Å². The second-order valence-electron chi connectivity index (χ2n) is 10.1. The van der Waals surface area contributed by atoms with E-state index in [-0.39, 0.29) is 23.3 Å². The van der Waals surface area contributed by atoms with Gasteiger partial charge in [-0.1, -0.05) is 68.8 Å². The van der Waals surface area contributed by atoms with Crippen molar-refractivity contribution in [3.8, 4) is 5.75 Å². The van der Waals surface area contributed by atoms with Gasteiger partial charge in [0.2, 0.25) is 11.8 Å². The summed E-state index contributed by atoms with van der Waals surface area (Å²) in [6.45, 7) is 7.84. The van der Waals surface area contributed by atoms with E-state index < -0.39 is 28.5 Å². The molecule has 0 heterocycles. The largest absolute Gasteiger partial charge is 0.497 e. The Balaban J connectivity index is 2.01. The van der Waals surface area contributed by atoms with Gasteiger partial charge in [0.25, 0.3) is 10.0 Å². The van der Waals surface area contributed by atoms with Crippen LogP contribution in [0.4, 0.5) is 5.69 Å². The summed E-state index contributed by atoms with van der Waals surface area (Å²) in [4.78, 5) is 28.9. The van der Waals surface area contributed by atoms with Gasteiger partial charge in [-0.25, -0.2) is 8.42 Å². The first kappa shape index (κ1) is 30.7. The number of benzene rings is 3. The number of anilines is 1. The summed E-state index contributed by atoms with van der Waals surface area (Å²) in [5.74, 6) is 0.149. The van der Waals surface area contributed by atoms with Gasteiger partial charge < -0.3 is 15.0 Å². The molecule has 2 amide bonds. The van der Waals surface area contributed by atoms with E-state index in [2.05, 4.69) is 5.32 Å². The molecule has 1 N–H and O–H groups in total. The number of hydrogen-bond donors (Lipinski definition) is 1. The molecule has 8 nitrogen and oxygen atoms in total. The lowest BCUT2D eigenvalue weighted by molar-refractivity contribution is -0.140. The SMILES string of the molecule is CC[C@@H](C(=O)NCC(C)C)N(Cc1ccc(OC)cc1)C(=O)CN(c1ccccc1)S(=O)(=O)c1ccc(C)cc1. The van der Waals surface area contributed by atoms with E-state index in [0.717, 1.165) is 15.4 Å². The molecule has 3 aromatic rings. The highest BCUT2D eigenvalue weighted by Gasteiger charge is 2.33. The lowest BCUT2D eigenvalue weighted by Gasteiger charge is -2.33. The lowest BCUT2D eigenvalue weighted by atomic mass is 10.1. The molecule has 0 aliphatic carbocycles. The van der Waals surface area contributed by atoms with Crippen molar-refractivity contribution in [1.29, 1.82) is 0 Å². The quantitative estimate of drug-likeness (QED) is 0.322. The molecule has 0 saturated carbocycles. The molecule has 0 saturated heterocycles. The molecular formula is C31H39N3O5S. The van der Waals surface area contributed by atoms with Gasteiger partial charge in [-0.05, 0) is 61.2 Å². The fourth-order valence-electron chi connectivity index (χ4n) is 4.23. The summed E-state index contributed by atoms with van der Waals surface area (Å²) in [7, 11) is -2.51. The number of carbonyl (C=O) groups excluding carboxylic acids is 2. The number of nitrogens with zero attached hydrogens (tertiary/aromatic N) is 2. The zero-order valence-corrected chi connectivity index (χ0v) is 24.6. The maximum Gasteiger partial charge on any atom is 0.264 e. The van der Waals surface area contributed by atoms with Crippen LogP contribution in [0.2, 0.25) is 0 Å². The van der Waals surface area contributed by atoms with Crippen LogP contribution in [-0.4, -0.2) is 51.4 Å². The summed E-state index contributed by atoms with van der Waals surface area (Å²) in [5.41, 5.74) is 2.07. The van der Waals surface area contributed by atoms with Crippen LogP contribution in [0.3, 0.4) is 0 Å². The third-order valence-corrected chi connectivity index (χ3v) is 8.30. The van der Waals surface area contributed by atoms with Gasteiger partial charge in [0, 0.05) is 13.1 Å². The molecule has 3 rings (SSSR count). The number of carbonyl (C=O) groups is 2. The highest BCUT2D eigenvalue weighted by molar-refractivity contribution is 7.92. The van der Waals surface area contributed by atoms with E-state index in [4.69, 9.17) is 4.74 Å². The number of nitrogens with one attached hydrogen (secondary N) is 1. The highest BCUT2D eigenvalue weighted by atomic mass is 32.2. The van der Waals surface area contributed by atoms with Crippen LogP contribution in [-0.2, 0) is 26.2 Å². The Labute approximate surface area is 238 Å². The van der Waals surface area contributed by atoms with Crippen molar-refractivity contribution in [1.82, 2.24) is 10.2 Å². The van der Waals surface area contributed by atoms with Crippen LogP contribution in [0.5, 0.6) is 5.75 Å². The normalized spacial score (nSPS) is 12.1. The molecule has 9 heteroatoms. The number of ether oxygens (including phenoxy) is 1. The van der Waals surface area contributed by atoms with Crippen LogP contribution in [0.1, 0.15) is 38.3 Å². The molecule has 0 radical (unpaired) electrons. The fourth-order valence-corrected chi connectivity index (χ4v) is 5.64. The summed E-state index contributed by atoms with van der Waals surface area (Å²) >= 11 is 0. The van der Waals surface area contributed by atoms with E-state index in [1.165, 1.54) is 17.0 Å². The minimum absolute atomic E-state index is 0.0816. The van der Waals surface area contributed by atoms with Crippen LogP contribution in [0.15, 0.2) is 83.8 Å². The van der Waals surface area contributed by atoms with Crippen molar-refractivity contribution >= 4 is 27.5 Å². The van der Waals surface area contributed by atoms with Crippen LogP contribution in [0.25, 0.3) is 0 Å². The molecule has 3 aromatic carbocycles. The zero-order valence-electron chi connectivity index (χ0n) is 23.8. The molecule has 214 valence electrons. The molecule has 0 aromatic heterocycles. The topological polar surface area (TPSA) is 96.0 Å². The Morgan fingerprint density at radius 2 is 1.55 bits per heavy atom. The van der Waals surface area contributed by atoms with E-state index in [1.807, 2.05) is 39.8 Å². The molecule has 0 bridgehead atoms. The number of aryl methyl sites for hydroxylation is 1. The van der Waals surface area contributed by atoms with Gasteiger partial charge in [0.05, 0.1) is 17.7 Å². The molecule has 40 heavy (non-hydrogen) atoms. The second kappa shape index (κ2) is 14.0. The Bertz CT molecular complexity index is 1360. The number of rotatable bonds is 13. The van der Waals surface area contributed by atoms with Crippen molar-refractivity contribution in [2.24, 2.45) is 5.92 Å². The molecule has 0 aliphatic rings.